The summed E-state index contributed by atoms with van der Waals surface area (Å²) in [5.41, 5.74) is 4.13. The molecule has 3 aromatic heterocycles. The number of carbonyl (C=O) groups excluding carboxylic acids is 1. The van der Waals surface area contributed by atoms with Crippen LogP contribution in [0.2, 0.25) is 5.28 Å². The van der Waals surface area contributed by atoms with E-state index in [1.54, 1.807) is 6.20 Å². The lowest BCUT2D eigenvalue weighted by Gasteiger charge is -2.19. The number of fused-ring (bicyclic) bond motifs is 5. The first-order valence-electron chi connectivity index (χ1n) is 9.52. The van der Waals surface area contributed by atoms with Crippen molar-refractivity contribution in [1.82, 2.24) is 25.3 Å². The Bertz CT molecular complexity index is 1190. The molecule has 30 heavy (non-hydrogen) atoms. The highest BCUT2D eigenvalue weighted by molar-refractivity contribution is 6.28. The number of aliphatic hydroxyl groups excluding tert-OH is 1. The summed E-state index contributed by atoms with van der Waals surface area (Å²) in [6, 6.07) is 0. The number of rotatable bonds is 3. The predicted molar refractivity (Wildman–Crippen MR) is 105 cm³/mol. The van der Waals surface area contributed by atoms with Crippen molar-refractivity contribution in [2.45, 2.75) is 32.3 Å². The van der Waals surface area contributed by atoms with Crippen molar-refractivity contribution >= 4 is 17.5 Å². The van der Waals surface area contributed by atoms with Crippen LogP contribution in [0.4, 0.5) is 4.39 Å². The van der Waals surface area contributed by atoms with Crippen molar-refractivity contribution in [3.63, 3.8) is 0 Å². The van der Waals surface area contributed by atoms with Crippen LogP contribution in [0.25, 0.3) is 11.3 Å². The Balaban J connectivity index is 1.62. The Labute approximate surface area is 175 Å². The normalized spacial score (nSPS) is 15.7. The van der Waals surface area contributed by atoms with Crippen molar-refractivity contribution < 1.29 is 19.0 Å². The molecule has 1 aliphatic heterocycles. The van der Waals surface area contributed by atoms with Gasteiger partial charge in [-0.25, -0.2) is 14.4 Å². The lowest BCUT2D eigenvalue weighted by molar-refractivity contribution is 0.0945. The van der Waals surface area contributed by atoms with Gasteiger partial charge in [0.1, 0.15) is 0 Å². The molecule has 0 fully saturated rings. The highest BCUT2D eigenvalue weighted by Gasteiger charge is 2.32. The molecule has 0 bridgehead atoms. The lowest BCUT2D eigenvalue weighted by Crippen LogP contribution is -2.32. The fourth-order valence-electron chi connectivity index (χ4n) is 4.02. The van der Waals surface area contributed by atoms with E-state index in [-0.39, 0.29) is 28.5 Å². The molecule has 3 aromatic rings. The number of H-pyrrole nitrogens is 1. The first-order chi connectivity index (χ1) is 14.4. The van der Waals surface area contributed by atoms with Gasteiger partial charge in [-0.05, 0) is 42.5 Å². The summed E-state index contributed by atoms with van der Waals surface area (Å²) in [6.07, 6.45) is 3.77. The van der Waals surface area contributed by atoms with Gasteiger partial charge in [-0.1, -0.05) is 0 Å². The standard InChI is InChI=1S/C20H17ClFN5O3/c1-8(28)11-7-25-20(21)27-18(11)30-19-15(22)13-9(6-24-19)2-3-10-14-12(26-16(10)13)4-5-23-17(14)29/h6-8,26,28H,2-5H2,1H3,(H,23,29). The zero-order chi connectivity index (χ0) is 21.0. The SMILES string of the molecule is CC(O)c1cnc(Cl)nc1Oc1ncc2c(c1F)-c1[nH]c3c(c1CC2)C(=O)NCC3. The van der Waals surface area contributed by atoms with E-state index in [0.717, 1.165) is 16.8 Å². The van der Waals surface area contributed by atoms with Gasteiger partial charge in [-0.15, -0.1) is 0 Å². The maximum absolute atomic E-state index is 15.6. The van der Waals surface area contributed by atoms with Gasteiger partial charge in [-0.2, -0.15) is 4.98 Å². The highest BCUT2D eigenvalue weighted by atomic mass is 35.5. The summed E-state index contributed by atoms with van der Waals surface area (Å²) in [7, 11) is 0. The number of aromatic amines is 1. The van der Waals surface area contributed by atoms with Crippen LogP contribution >= 0.6 is 11.6 Å². The summed E-state index contributed by atoms with van der Waals surface area (Å²) in [5.74, 6) is -1.17. The van der Waals surface area contributed by atoms with Gasteiger partial charge >= 0.3 is 0 Å². The fraction of sp³-hybridized carbons (Fsp3) is 0.300. The van der Waals surface area contributed by atoms with E-state index in [4.69, 9.17) is 16.3 Å². The van der Waals surface area contributed by atoms with E-state index in [1.807, 2.05) is 0 Å². The van der Waals surface area contributed by atoms with Crippen LogP contribution in [-0.2, 0) is 19.3 Å². The van der Waals surface area contributed by atoms with Crippen LogP contribution in [-0.4, -0.2) is 37.5 Å². The van der Waals surface area contributed by atoms with Crippen LogP contribution in [0.3, 0.4) is 0 Å². The molecule has 0 spiro atoms. The van der Waals surface area contributed by atoms with Gasteiger partial charge in [0, 0.05) is 36.6 Å². The first-order valence-corrected chi connectivity index (χ1v) is 9.89. The molecule has 0 saturated carbocycles. The zero-order valence-electron chi connectivity index (χ0n) is 15.9. The van der Waals surface area contributed by atoms with Crippen LogP contribution < -0.4 is 10.1 Å². The third kappa shape index (κ3) is 2.93. The summed E-state index contributed by atoms with van der Waals surface area (Å²) in [4.78, 5) is 27.5. The highest BCUT2D eigenvalue weighted by Crippen LogP contribution is 2.41. The number of carbonyl (C=O) groups is 1. The van der Waals surface area contributed by atoms with Crippen LogP contribution in [0, 0.1) is 5.82 Å². The maximum atomic E-state index is 15.6. The second-order valence-corrected chi connectivity index (χ2v) is 7.63. The second kappa shape index (κ2) is 7.03. The average molecular weight is 430 g/mol. The van der Waals surface area contributed by atoms with Crippen molar-refractivity contribution in [3.05, 3.63) is 51.4 Å². The van der Waals surface area contributed by atoms with E-state index in [2.05, 4.69) is 25.3 Å². The van der Waals surface area contributed by atoms with Crippen LogP contribution in [0.15, 0.2) is 12.4 Å². The smallest absolute Gasteiger partial charge is 0.258 e. The number of ether oxygens (including phenoxy) is 1. The molecule has 2 aliphatic rings. The van der Waals surface area contributed by atoms with Crippen molar-refractivity contribution in [1.29, 1.82) is 0 Å². The number of hydrogen-bond acceptors (Lipinski definition) is 6. The van der Waals surface area contributed by atoms with E-state index in [1.165, 1.54) is 13.1 Å². The van der Waals surface area contributed by atoms with Crippen molar-refractivity contribution in [3.8, 4) is 23.0 Å². The van der Waals surface area contributed by atoms with E-state index >= 15 is 4.39 Å². The third-order valence-corrected chi connectivity index (χ3v) is 5.61. The summed E-state index contributed by atoms with van der Waals surface area (Å²) < 4.78 is 21.2. The Kier molecular flexibility index (Phi) is 4.44. The number of nitrogens with zero attached hydrogens (tertiary/aromatic N) is 3. The quantitative estimate of drug-likeness (QED) is 0.552. The molecule has 0 radical (unpaired) electrons. The molecule has 0 aromatic carbocycles. The van der Waals surface area contributed by atoms with Crippen LogP contribution in [0.5, 0.6) is 11.8 Å². The molecule has 3 N–H and O–H groups in total. The van der Waals surface area contributed by atoms with Gasteiger partial charge in [0.15, 0.2) is 5.82 Å². The first kappa shape index (κ1) is 19.0. The fourth-order valence-corrected chi connectivity index (χ4v) is 4.15. The Hall–Kier alpha value is -3.04. The monoisotopic (exact) mass is 429 g/mol. The minimum atomic E-state index is -0.946. The minimum absolute atomic E-state index is 0.0717. The minimum Gasteiger partial charge on any atom is -0.417 e. The van der Waals surface area contributed by atoms with Gasteiger partial charge < -0.3 is 20.1 Å². The number of hydrogen-bond donors (Lipinski definition) is 3. The van der Waals surface area contributed by atoms with Gasteiger partial charge in [-0.3, -0.25) is 4.79 Å². The maximum Gasteiger partial charge on any atom is 0.258 e. The van der Waals surface area contributed by atoms with Crippen LogP contribution in [0.1, 0.15) is 45.8 Å². The van der Waals surface area contributed by atoms with Gasteiger partial charge in [0.2, 0.25) is 11.2 Å². The third-order valence-electron chi connectivity index (χ3n) is 5.42. The van der Waals surface area contributed by atoms with Gasteiger partial charge in [0.25, 0.3) is 11.8 Å². The molecule has 1 amide bonds. The molecule has 1 aliphatic carbocycles. The number of aromatic nitrogens is 4. The number of pyridine rings is 1. The lowest BCUT2D eigenvalue weighted by atomic mass is 9.88. The molecular formula is C20H17ClFN5O3. The predicted octanol–water partition coefficient (Wildman–Crippen LogP) is 2.89. The molecule has 0 saturated heterocycles. The Morgan fingerprint density at radius 1 is 1.20 bits per heavy atom. The molecule has 4 heterocycles. The van der Waals surface area contributed by atoms with Crippen molar-refractivity contribution in [2.75, 3.05) is 6.54 Å². The Morgan fingerprint density at radius 2 is 2.03 bits per heavy atom. The number of aliphatic hydroxyl groups is 1. The molecule has 1 unspecified atom stereocenters. The van der Waals surface area contributed by atoms with E-state index in [9.17, 15) is 9.90 Å². The molecule has 1 atom stereocenters. The largest absolute Gasteiger partial charge is 0.417 e. The molecule has 154 valence electrons. The average Bonchev–Trinajstić information content (AvgIpc) is 3.09. The van der Waals surface area contributed by atoms with E-state index in [0.29, 0.717) is 42.6 Å². The van der Waals surface area contributed by atoms with Gasteiger partial charge in [0.05, 0.1) is 22.9 Å². The number of amides is 1. The second-order valence-electron chi connectivity index (χ2n) is 7.29. The number of halogens is 2. The molecule has 8 nitrogen and oxygen atoms in total. The summed E-state index contributed by atoms with van der Waals surface area (Å²) >= 11 is 5.84. The topological polar surface area (TPSA) is 113 Å². The number of nitrogens with one attached hydrogen (secondary N) is 2. The molecule has 10 heteroatoms. The van der Waals surface area contributed by atoms with Crippen molar-refractivity contribution in [2.24, 2.45) is 0 Å². The molecular weight excluding hydrogens is 413 g/mol. The zero-order valence-corrected chi connectivity index (χ0v) is 16.7. The van der Waals surface area contributed by atoms with E-state index < -0.39 is 11.9 Å². The number of aryl methyl sites for hydroxylation is 1. The summed E-state index contributed by atoms with van der Waals surface area (Å²) in [5, 5.41) is 12.7. The summed E-state index contributed by atoms with van der Waals surface area (Å²) in [6.45, 7) is 2.05. The Morgan fingerprint density at radius 3 is 2.83 bits per heavy atom. The molecule has 5 rings (SSSR count).